The summed E-state index contributed by atoms with van der Waals surface area (Å²) < 4.78 is 10.5. The minimum Gasteiger partial charge on any atom is -0.497 e. The molecular weight excluding hydrogens is 242 g/mol. The zero-order chi connectivity index (χ0) is 13.1. The summed E-state index contributed by atoms with van der Waals surface area (Å²) in [6.07, 6.45) is 1.76. The molecule has 1 fully saturated rings. The van der Waals surface area contributed by atoms with Gasteiger partial charge >= 0.3 is 0 Å². The summed E-state index contributed by atoms with van der Waals surface area (Å²) in [5.41, 5.74) is 1.15. The summed E-state index contributed by atoms with van der Waals surface area (Å²) in [6, 6.07) is 7.92. The smallest absolute Gasteiger partial charge is 0.231 e. The lowest BCUT2D eigenvalue weighted by molar-refractivity contribution is 0.355. The lowest BCUT2D eigenvalue weighted by atomic mass is 10.1. The molecule has 1 saturated heterocycles. The Hall–Kier alpha value is -1.88. The van der Waals surface area contributed by atoms with E-state index in [4.69, 9.17) is 9.26 Å². The summed E-state index contributed by atoms with van der Waals surface area (Å²) in [4.78, 5) is 4.48. The quantitative estimate of drug-likeness (QED) is 0.906. The number of aromatic nitrogens is 2. The molecular formula is C14H17N3O2. The van der Waals surface area contributed by atoms with Gasteiger partial charge in [-0.1, -0.05) is 17.3 Å². The average Bonchev–Trinajstić information content (AvgIpc) is 3.10. The van der Waals surface area contributed by atoms with Crippen LogP contribution in [0.4, 0.5) is 0 Å². The van der Waals surface area contributed by atoms with Crippen molar-refractivity contribution in [3.05, 3.63) is 41.5 Å². The Labute approximate surface area is 112 Å². The molecule has 3 rings (SSSR count). The molecule has 0 saturated carbocycles. The van der Waals surface area contributed by atoms with Gasteiger partial charge in [-0.25, -0.2) is 0 Å². The second-order valence-corrected chi connectivity index (χ2v) is 4.76. The molecule has 5 nitrogen and oxygen atoms in total. The summed E-state index contributed by atoms with van der Waals surface area (Å²) >= 11 is 0. The molecule has 0 aliphatic carbocycles. The largest absolute Gasteiger partial charge is 0.497 e. The lowest BCUT2D eigenvalue weighted by Crippen LogP contribution is -2.08. The SMILES string of the molecule is COc1ccc(Cc2noc(C3CCNC3)n2)cc1. The minimum absolute atomic E-state index is 0.372. The van der Waals surface area contributed by atoms with Crippen molar-refractivity contribution in [2.24, 2.45) is 0 Å². The van der Waals surface area contributed by atoms with Gasteiger partial charge in [-0.2, -0.15) is 4.98 Å². The number of hydrogen-bond donors (Lipinski definition) is 1. The van der Waals surface area contributed by atoms with Crippen LogP contribution >= 0.6 is 0 Å². The van der Waals surface area contributed by atoms with E-state index in [1.54, 1.807) is 7.11 Å². The van der Waals surface area contributed by atoms with Crippen LogP contribution in [0.25, 0.3) is 0 Å². The number of methoxy groups -OCH3 is 1. The highest BCUT2D eigenvalue weighted by Crippen LogP contribution is 2.21. The van der Waals surface area contributed by atoms with Crippen LogP contribution in [0.5, 0.6) is 5.75 Å². The highest BCUT2D eigenvalue weighted by Gasteiger charge is 2.22. The number of nitrogens with one attached hydrogen (secondary N) is 1. The van der Waals surface area contributed by atoms with Crippen LogP contribution in [0.3, 0.4) is 0 Å². The van der Waals surface area contributed by atoms with Gasteiger partial charge in [0.1, 0.15) is 5.75 Å². The summed E-state index contributed by atoms with van der Waals surface area (Å²) in [7, 11) is 1.66. The van der Waals surface area contributed by atoms with Gasteiger partial charge in [0.05, 0.1) is 13.0 Å². The van der Waals surface area contributed by atoms with Crippen molar-refractivity contribution in [3.63, 3.8) is 0 Å². The highest BCUT2D eigenvalue weighted by molar-refractivity contribution is 5.28. The molecule has 19 heavy (non-hydrogen) atoms. The van der Waals surface area contributed by atoms with E-state index in [0.717, 1.165) is 42.5 Å². The molecule has 2 aromatic rings. The fraction of sp³-hybridized carbons (Fsp3) is 0.429. The first kappa shape index (κ1) is 12.2. The molecule has 1 unspecified atom stereocenters. The van der Waals surface area contributed by atoms with Gasteiger partial charge in [0.25, 0.3) is 0 Å². The maximum Gasteiger partial charge on any atom is 0.231 e. The maximum atomic E-state index is 5.34. The first-order chi connectivity index (χ1) is 9.35. The fourth-order valence-electron chi connectivity index (χ4n) is 2.30. The highest BCUT2D eigenvalue weighted by atomic mass is 16.5. The molecule has 2 heterocycles. The second kappa shape index (κ2) is 5.40. The van der Waals surface area contributed by atoms with E-state index in [2.05, 4.69) is 15.5 Å². The standard InChI is InChI=1S/C14H17N3O2/c1-18-12-4-2-10(3-5-12)8-13-16-14(19-17-13)11-6-7-15-9-11/h2-5,11,15H,6-9H2,1H3. The van der Waals surface area contributed by atoms with E-state index >= 15 is 0 Å². The molecule has 1 aromatic carbocycles. The van der Waals surface area contributed by atoms with Crippen molar-refractivity contribution in [2.45, 2.75) is 18.8 Å². The van der Waals surface area contributed by atoms with Crippen molar-refractivity contribution in [3.8, 4) is 5.75 Å². The number of benzene rings is 1. The van der Waals surface area contributed by atoms with Crippen LogP contribution in [0.15, 0.2) is 28.8 Å². The Morgan fingerprint density at radius 2 is 2.21 bits per heavy atom. The predicted molar refractivity (Wildman–Crippen MR) is 70.3 cm³/mol. The Morgan fingerprint density at radius 1 is 1.37 bits per heavy atom. The molecule has 1 N–H and O–H groups in total. The molecule has 0 amide bonds. The molecule has 0 radical (unpaired) electrons. The Kier molecular flexibility index (Phi) is 3.46. The molecule has 0 bridgehead atoms. The first-order valence-electron chi connectivity index (χ1n) is 6.51. The van der Waals surface area contributed by atoms with Gasteiger partial charge < -0.3 is 14.6 Å². The van der Waals surface area contributed by atoms with Gasteiger partial charge in [0.2, 0.25) is 5.89 Å². The van der Waals surface area contributed by atoms with Gasteiger partial charge in [-0.05, 0) is 30.7 Å². The first-order valence-corrected chi connectivity index (χ1v) is 6.51. The monoisotopic (exact) mass is 259 g/mol. The summed E-state index contributed by atoms with van der Waals surface area (Å²) in [5.74, 6) is 2.73. The van der Waals surface area contributed by atoms with Crippen LogP contribution in [-0.2, 0) is 6.42 Å². The summed E-state index contributed by atoms with van der Waals surface area (Å²) in [6.45, 7) is 1.96. The number of ether oxygens (including phenoxy) is 1. The lowest BCUT2D eigenvalue weighted by Gasteiger charge is -2.01. The number of hydrogen-bond acceptors (Lipinski definition) is 5. The van der Waals surface area contributed by atoms with Crippen molar-refractivity contribution in [1.82, 2.24) is 15.5 Å². The minimum atomic E-state index is 0.372. The molecule has 5 heteroatoms. The van der Waals surface area contributed by atoms with Crippen molar-refractivity contribution < 1.29 is 9.26 Å². The van der Waals surface area contributed by atoms with Crippen molar-refractivity contribution in [1.29, 1.82) is 0 Å². The zero-order valence-corrected chi connectivity index (χ0v) is 10.9. The van der Waals surface area contributed by atoms with Gasteiger partial charge in [0.15, 0.2) is 5.82 Å². The predicted octanol–water partition coefficient (Wildman–Crippen LogP) is 1.75. The Morgan fingerprint density at radius 3 is 2.89 bits per heavy atom. The van der Waals surface area contributed by atoms with Crippen LogP contribution < -0.4 is 10.1 Å². The molecule has 100 valence electrons. The molecule has 0 spiro atoms. The zero-order valence-electron chi connectivity index (χ0n) is 10.9. The van der Waals surface area contributed by atoms with Crippen molar-refractivity contribution in [2.75, 3.05) is 20.2 Å². The van der Waals surface area contributed by atoms with Crippen LogP contribution in [0.2, 0.25) is 0 Å². The van der Waals surface area contributed by atoms with Crippen molar-refractivity contribution >= 4 is 0 Å². The second-order valence-electron chi connectivity index (χ2n) is 4.76. The normalized spacial score (nSPS) is 18.7. The summed E-state index contributed by atoms with van der Waals surface area (Å²) in [5, 5.41) is 7.35. The van der Waals surface area contributed by atoms with E-state index in [0.29, 0.717) is 12.3 Å². The van der Waals surface area contributed by atoms with Crippen LogP contribution in [-0.4, -0.2) is 30.3 Å². The van der Waals surface area contributed by atoms with E-state index in [9.17, 15) is 0 Å². The van der Waals surface area contributed by atoms with E-state index < -0.39 is 0 Å². The third kappa shape index (κ3) is 2.76. The topological polar surface area (TPSA) is 60.2 Å². The maximum absolute atomic E-state index is 5.34. The number of nitrogens with zero attached hydrogens (tertiary/aromatic N) is 2. The van der Waals surface area contributed by atoms with Gasteiger partial charge in [0, 0.05) is 13.0 Å². The Balaban J connectivity index is 1.68. The molecule has 1 aliphatic rings. The molecule has 1 aromatic heterocycles. The van der Waals surface area contributed by atoms with E-state index in [-0.39, 0.29) is 0 Å². The van der Waals surface area contributed by atoms with Gasteiger partial charge in [-0.15, -0.1) is 0 Å². The molecule has 1 aliphatic heterocycles. The Bertz CT molecular complexity index is 530. The number of rotatable bonds is 4. The van der Waals surface area contributed by atoms with Crippen LogP contribution in [0, 0.1) is 0 Å². The van der Waals surface area contributed by atoms with Gasteiger partial charge in [-0.3, -0.25) is 0 Å². The average molecular weight is 259 g/mol. The van der Waals surface area contributed by atoms with E-state index in [1.165, 1.54) is 0 Å². The molecule has 1 atom stereocenters. The third-order valence-corrected chi connectivity index (χ3v) is 3.41. The third-order valence-electron chi connectivity index (χ3n) is 3.41. The van der Waals surface area contributed by atoms with Crippen LogP contribution in [0.1, 0.15) is 29.6 Å². The fourth-order valence-corrected chi connectivity index (χ4v) is 2.30. The van der Waals surface area contributed by atoms with E-state index in [1.807, 2.05) is 24.3 Å².